The molecule has 1 aliphatic heterocycles. The lowest BCUT2D eigenvalue weighted by Gasteiger charge is -2.18. The van der Waals surface area contributed by atoms with E-state index >= 15 is 0 Å². The molecule has 1 heterocycles. The minimum atomic E-state index is 0.0202. The zero-order valence-corrected chi connectivity index (χ0v) is 11.0. The highest BCUT2D eigenvalue weighted by Gasteiger charge is 2.18. The summed E-state index contributed by atoms with van der Waals surface area (Å²) in [5.74, 6) is 0.663. The Balaban J connectivity index is 2.02. The first-order valence-electron chi connectivity index (χ1n) is 6.36. The number of nitrogens with one attached hydrogen (secondary N) is 1. The fraction of sp³-hybridized carbons (Fsp3) is 0.429. The number of hydrogen-bond acceptors (Lipinski definition) is 4. The molecule has 0 aromatic heterocycles. The summed E-state index contributed by atoms with van der Waals surface area (Å²) in [6.45, 7) is 2.23. The Morgan fingerprint density at radius 2 is 2.16 bits per heavy atom. The molecule has 19 heavy (non-hydrogen) atoms. The summed E-state index contributed by atoms with van der Waals surface area (Å²) in [5.41, 5.74) is 0.591. The number of Topliss-reactive ketones (excluding diaryl/α,β-unsaturated/α-hetero) is 1. The molecule has 102 valence electrons. The summed E-state index contributed by atoms with van der Waals surface area (Å²) in [6.07, 6.45) is 0.444. The van der Waals surface area contributed by atoms with E-state index in [1.165, 1.54) is 0 Å². The van der Waals surface area contributed by atoms with Crippen molar-refractivity contribution in [3.8, 4) is 5.75 Å². The van der Waals surface area contributed by atoms with Gasteiger partial charge in [0.2, 0.25) is 5.91 Å². The standard InChI is InChI=1S/C14H18N2O3/c1-19-13-5-3-2-4-11(13)12(17)10-16-8-6-14(18)15-7-9-16/h2-5H,6-10H2,1H3,(H,15,18). The molecule has 5 heteroatoms. The molecule has 0 unspecified atom stereocenters. The van der Waals surface area contributed by atoms with Crippen LogP contribution in [0.25, 0.3) is 0 Å². The molecule has 0 spiro atoms. The number of ether oxygens (including phenoxy) is 1. The average Bonchev–Trinajstić information content (AvgIpc) is 2.63. The Bertz CT molecular complexity index is 474. The van der Waals surface area contributed by atoms with Crippen molar-refractivity contribution < 1.29 is 14.3 Å². The van der Waals surface area contributed by atoms with E-state index in [2.05, 4.69) is 5.32 Å². The van der Waals surface area contributed by atoms with Gasteiger partial charge in [0.05, 0.1) is 19.2 Å². The number of benzene rings is 1. The molecule has 1 fully saturated rings. The van der Waals surface area contributed by atoms with Gasteiger partial charge in [0.25, 0.3) is 0 Å². The monoisotopic (exact) mass is 262 g/mol. The third-order valence-electron chi connectivity index (χ3n) is 3.18. The topological polar surface area (TPSA) is 58.6 Å². The van der Waals surface area contributed by atoms with E-state index in [-0.39, 0.29) is 11.7 Å². The summed E-state index contributed by atoms with van der Waals surface area (Å²) in [5, 5.41) is 2.79. The quantitative estimate of drug-likeness (QED) is 0.812. The number of para-hydroxylation sites is 1. The van der Waals surface area contributed by atoms with Crippen molar-refractivity contribution in [1.29, 1.82) is 0 Å². The van der Waals surface area contributed by atoms with E-state index < -0.39 is 0 Å². The highest BCUT2D eigenvalue weighted by Crippen LogP contribution is 2.18. The third kappa shape index (κ3) is 3.54. The molecule has 2 rings (SSSR count). The Morgan fingerprint density at radius 3 is 2.95 bits per heavy atom. The minimum absolute atomic E-state index is 0.0202. The second kappa shape index (κ2) is 6.33. The van der Waals surface area contributed by atoms with Gasteiger partial charge in [-0.1, -0.05) is 12.1 Å². The van der Waals surface area contributed by atoms with E-state index in [9.17, 15) is 9.59 Å². The lowest BCUT2D eigenvalue weighted by atomic mass is 10.1. The maximum absolute atomic E-state index is 12.3. The zero-order valence-electron chi connectivity index (χ0n) is 11.0. The highest BCUT2D eigenvalue weighted by atomic mass is 16.5. The third-order valence-corrected chi connectivity index (χ3v) is 3.18. The van der Waals surface area contributed by atoms with Crippen molar-refractivity contribution >= 4 is 11.7 Å². The number of amides is 1. The number of methoxy groups -OCH3 is 1. The number of carbonyl (C=O) groups is 2. The molecule has 1 aliphatic rings. The smallest absolute Gasteiger partial charge is 0.221 e. The fourth-order valence-corrected chi connectivity index (χ4v) is 2.13. The zero-order chi connectivity index (χ0) is 13.7. The number of hydrogen-bond donors (Lipinski definition) is 1. The van der Waals surface area contributed by atoms with Gasteiger partial charge in [-0.2, -0.15) is 0 Å². The van der Waals surface area contributed by atoms with E-state index in [0.717, 1.165) is 0 Å². The van der Waals surface area contributed by atoms with Crippen molar-refractivity contribution in [1.82, 2.24) is 10.2 Å². The molecule has 0 radical (unpaired) electrons. The molecule has 1 aromatic rings. The van der Waals surface area contributed by atoms with Gasteiger partial charge in [-0.15, -0.1) is 0 Å². The van der Waals surface area contributed by atoms with Crippen LogP contribution in [0.15, 0.2) is 24.3 Å². The Morgan fingerprint density at radius 1 is 1.37 bits per heavy atom. The van der Waals surface area contributed by atoms with E-state index in [1.807, 2.05) is 17.0 Å². The van der Waals surface area contributed by atoms with Crippen molar-refractivity contribution in [2.45, 2.75) is 6.42 Å². The lowest BCUT2D eigenvalue weighted by molar-refractivity contribution is -0.120. The van der Waals surface area contributed by atoms with Crippen LogP contribution in [0.1, 0.15) is 16.8 Å². The van der Waals surface area contributed by atoms with E-state index in [1.54, 1.807) is 19.2 Å². The molecule has 0 bridgehead atoms. The second-order valence-electron chi connectivity index (χ2n) is 4.50. The van der Waals surface area contributed by atoms with Gasteiger partial charge in [-0.3, -0.25) is 14.5 Å². The summed E-state index contributed by atoms with van der Waals surface area (Å²) >= 11 is 0. The molecule has 1 N–H and O–H groups in total. The maximum Gasteiger partial charge on any atom is 0.221 e. The summed E-state index contributed by atoms with van der Waals surface area (Å²) in [4.78, 5) is 25.5. The van der Waals surface area contributed by atoms with Crippen LogP contribution in [0.3, 0.4) is 0 Å². The number of rotatable bonds is 4. The highest BCUT2D eigenvalue weighted by molar-refractivity contribution is 6.00. The molecule has 1 saturated heterocycles. The van der Waals surface area contributed by atoms with Gasteiger partial charge >= 0.3 is 0 Å². The van der Waals surface area contributed by atoms with Crippen LogP contribution in [-0.2, 0) is 4.79 Å². The number of carbonyl (C=O) groups excluding carboxylic acids is 2. The lowest BCUT2D eigenvalue weighted by Crippen LogP contribution is -2.33. The molecule has 5 nitrogen and oxygen atoms in total. The van der Waals surface area contributed by atoms with Crippen molar-refractivity contribution in [2.24, 2.45) is 0 Å². The molecule has 1 aromatic carbocycles. The number of nitrogens with zero attached hydrogens (tertiary/aromatic N) is 1. The normalized spacial score (nSPS) is 16.6. The molecule has 1 amide bonds. The van der Waals surface area contributed by atoms with Gasteiger partial charge in [0, 0.05) is 26.1 Å². The number of ketones is 1. The van der Waals surface area contributed by atoms with Crippen LogP contribution >= 0.6 is 0 Å². The van der Waals surface area contributed by atoms with Crippen molar-refractivity contribution in [2.75, 3.05) is 33.3 Å². The van der Waals surface area contributed by atoms with Gasteiger partial charge in [-0.05, 0) is 12.1 Å². The van der Waals surface area contributed by atoms with Crippen LogP contribution in [0, 0.1) is 0 Å². The largest absolute Gasteiger partial charge is 0.496 e. The molecule has 0 atom stereocenters. The molecule has 0 aliphatic carbocycles. The Labute approximate surface area is 112 Å². The summed E-state index contributed by atoms with van der Waals surface area (Å²) < 4.78 is 5.19. The summed E-state index contributed by atoms with van der Waals surface area (Å²) in [6, 6.07) is 7.20. The summed E-state index contributed by atoms with van der Waals surface area (Å²) in [7, 11) is 1.56. The van der Waals surface area contributed by atoms with E-state index in [0.29, 0.717) is 43.9 Å². The second-order valence-corrected chi connectivity index (χ2v) is 4.50. The van der Waals surface area contributed by atoms with Gasteiger partial charge in [-0.25, -0.2) is 0 Å². The van der Waals surface area contributed by atoms with Crippen LogP contribution in [-0.4, -0.2) is 49.9 Å². The SMILES string of the molecule is COc1ccccc1C(=O)CN1CCNC(=O)CC1. The maximum atomic E-state index is 12.3. The molecule has 0 saturated carbocycles. The average molecular weight is 262 g/mol. The predicted octanol–water partition coefficient (Wildman–Crippen LogP) is 0.700. The first-order valence-corrected chi connectivity index (χ1v) is 6.36. The van der Waals surface area contributed by atoms with Gasteiger partial charge in [0.1, 0.15) is 5.75 Å². The Hall–Kier alpha value is -1.88. The first kappa shape index (κ1) is 13.5. The Kier molecular flexibility index (Phi) is 4.52. The van der Waals surface area contributed by atoms with Crippen LogP contribution in [0.5, 0.6) is 5.75 Å². The van der Waals surface area contributed by atoms with Crippen molar-refractivity contribution in [3.05, 3.63) is 29.8 Å². The first-order chi connectivity index (χ1) is 9.20. The minimum Gasteiger partial charge on any atom is -0.496 e. The molecular weight excluding hydrogens is 244 g/mol. The predicted molar refractivity (Wildman–Crippen MR) is 71.4 cm³/mol. The van der Waals surface area contributed by atoms with Gasteiger partial charge < -0.3 is 10.1 Å². The van der Waals surface area contributed by atoms with Gasteiger partial charge in [0.15, 0.2) is 5.78 Å². The fourth-order valence-electron chi connectivity index (χ4n) is 2.13. The van der Waals surface area contributed by atoms with Crippen molar-refractivity contribution in [3.63, 3.8) is 0 Å². The van der Waals surface area contributed by atoms with Crippen LogP contribution in [0.4, 0.5) is 0 Å². The van der Waals surface area contributed by atoms with Crippen LogP contribution < -0.4 is 10.1 Å². The van der Waals surface area contributed by atoms with E-state index in [4.69, 9.17) is 4.74 Å². The van der Waals surface area contributed by atoms with Crippen LogP contribution in [0.2, 0.25) is 0 Å². The molecular formula is C14H18N2O3.